The van der Waals surface area contributed by atoms with Crippen LogP contribution in [0.1, 0.15) is 36.7 Å². The van der Waals surface area contributed by atoms with Gasteiger partial charge in [0.2, 0.25) is 5.88 Å². The Labute approximate surface area is 166 Å². The Morgan fingerprint density at radius 2 is 1.76 bits per heavy atom. The van der Waals surface area contributed by atoms with Gasteiger partial charge in [0.1, 0.15) is 0 Å². The van der Waals surface area contributed by atoms with Gasteiger partial charge in [0.05, 0.1) is 0 Å². The number of amides is 1. The molecule has 29 heavy (non-hydrogen) atoms. The van der Waals surface area contributed by atoms with Gasteiger partial charge in [-0.2, -0.15) is 8.78 Å². The molecule has 6 nitrogen and oxygen atoms in total. The number of carbonyl (C=O) groups is 1. The van der Waals surface area contributed by atoms with E-state index in [2.05, 4.69) is 20.0 Å². The molecule has 2 heterocycles. The van der Waals surface area contributed by atoms with Gasteiger partial charge in [-0.3, -0.25) is 9.78 Å². The molecule has 0 radical (unpaired) electrons. The molecule has 0 unspecified atom stereocenters. The zero-order chi connectivity index (χ0) is 22.1. The van der Waals surface area contributed by atoms with E-state index in [1.54, 1.807) is 12.1 Å². The lowest BCUT2D eigenvalue weighted by Crippen LogP contribution is -2.33. The normalized spacial score (nSPS) is 11.5. The third kappa shape index (κ3) is 10.4. The molecule has 0 atom stereocenters. The quantitative estimate of drug-likeness (QED) is 0.675. The molecule has 0 aromatic carbocycles. The minimum absolute atomic E-state index is 0. The van der Waals surface area contributed by atoms with Crippen molar-refractivity contribution >= 4 is 5.91 Å². The lowest BCUT2D eigenvalue weighted by molar-refractivity contribution is -0.148. The van der Waals surface area contributed by atoms with Crippen LogP contribution in [0, 0.1) is 0 Å². The molecule has 0 spiro atoms. The van der Waals surface area contributed by atoms with E-state index >= 15 is 0 Å². The number of hydrogen-bond donors (Lipinski definition) is 2. The predicted octanol–water partition coefficient (Wildman–Crippen LogP) is 3.43. The van der Waals surface area contributed by atoms with E-state index in [0.29, 0.717) is 11.1 Å². The van der Waals surface area contributed by atoms with E-state index in [0.717, 1.165) is 0 Å². The molecular formula is C19H24F4N4O2. The summed E-state index contributed by atoms with van der Waals surface area (Å²) in [6.45, 7) is 4.59. The van der Waals surface area contributed by atoms with Crippen LogP contribution in [-0.2, 0) is 6.54 Å². The highest BCUT2D eigenvalue weighted by Gasteiger charge is 2.41. The van der Waals surface area contributed by atoms with Crippen molar-refractivity contribution in [3.63, 3.8) is 0 Å². The third-order valence-corrected chi connectivity index (χ3v) is 2.92. The fraction of sp³-hybridized carbons (Fsp3) is 0.421. The van der Waals surface area contributed by atoms with Crippen molar-refractivity contribution in [1.82, 2.24) is 15.3 Å². The minimum atomic E-state index is -4.24. The Kier molecular flexibility index (Phi) is 8.96. The number of carbonyl (C=O) groups excluding carboxylic acids is 1. The van der Waals surface area contributed by atoms with Gasteiger partial charge in [-0.05, 0) is 38.5 Å². The molecule has 0 saturated carbocycles. The molecule has 0 aliphatic rings. The van der Waals surface area contributed by atoms with E-state index < -0.39 is 19.0 Å². The molecule has 2 aromatic rings. The second kappa shape index (κ2) is 10.7. The van der Waals surface area contributed by atoms with Crippen LogP contribution in [0.4, 0.5) is 17.6 Å². The Balaban J connectivity index is 0.000000749. The molecule has 3 N–H and O–H groups in total. The Bertz CT molecular complexity index is 745. The zero-order valence-electron chi connectivity index (χ0n) is 16.3. The number of ether oxygens (including phenoxy) is 1. The van der Waals surface area contributed by atoms with Gasteiger partial charge in [0.25, 0.3) is 5.91 Å². The number of nitrogens with zero attached hydrogens (tertiary/aromatic N) is 2. The summed E-state index contributed by atoms with van der Waals surface area (Å²) >= 11 is 0. The zero-order valence-corrected chi connectivity index (χ0v) is 16.3. The minimum Gasteiger partial charge on any atom is -0.471 e. The topological polar surface area (TPSA) is 90.1 Å². The van der Waals surface area contributed by atoms with Crippen LogP contribution in [0.5, 0.6) is 5.88 Å². The summed E-state index contributed by atoms with van der Waals surface area (Å²) in [5, 5.41) is 2.64. The van der Waals surface area contributed by atoms with E-state index in [-0.39, 0.29) is 23.9 Å². The summed E-state index contributed by atoms with van der Waals surface area (Å²) in [5.74, 6) is -4.76. The lowest BCUT2D eigenvalue weighted by atomic mass is 10.1. The van der Waals surface area contributed by atoms with Crippen molar-refractivity contribution in [1.29, 1.82) is 0 Å². The number of pyridine rings is 2. The van der Waals surface area contributed by atoms with Crippen LogP contribution >= 0.6 is 0 Å². The Morgan fingerprint density at radius 3 is 2.24 bits per heavy atom. The van der Waals surface area contributed by atoms with E-state index in [1.165, 1.54) is 30.7 Å². The summed E-state index contributed by atoms with van der Waals surface area (Å²) in [4.78, 5) is 19.4. The summed E-state index contributed by atoms with van der Waals surface area (Å²) in [6.07, 6.45) is 0.457. The van der Waals surface area contributed by atoms with Gasteiger partial charge in [-0.1, -0.05) is 6.07 Å². The SMILES string of the molecule is CC(C)(C)N.O=C(NCc1ccc(OCC(F)(F)C(F)F)nc1)c1ccncc1. The first kappa shape index (κ1) is 24.3. The Hall–Kier alpha value is -2.75. The van der Waals surface area contributed by atoms with Gasteiger partial charge in [-0.15, -0.1) is 0 Å². The molecule has 2 aromatic heterocycles. The van der Waals surface area contributed by atoms with Crippen molar-refractivity contribution in [2.45, 2.75) is 45.2 Å². The Morgan fingerprint density at radius 1 is 1.17 bits per heavy atom. The predicted molar refractivity (Wildman–Crippen MR) is 100 cm³/mol. The number of aromatic nitrogens is 2. The monoisotopic (exact) mass is 416 g/mol. The lowest BCUT2D eigenvalue weighted by Gasteiger charge is -2.15. The van der Waals surface area contributed by atoms with Gasteiger partial charge >= 0.3 is 12.3 Å². The largest absolute Gasteiger partial charge is 0.471 e. The van der Waals surface area contributed by atoms with Gasteiger partial charge in [0, 0.05) is 42.3 Å². The molecule has 0 saturated heterocycles. The molecule has 0 fully saturated rings. The molecule has 2 rings (SSSR count). The first-order chi connectivity index (χ1) is 13.4. The van der Waals surface area contributed by atoms with Crippen LogP contribution in [-0.4, -0.2) is 40.4 Å². The summed E-state index contributed by atoms with van der Waals surface area (Å²) in [6, 6.07) is 5.84. The van der Waals surface area contributed by atoms with Crippen molar-refractivity contribution in [3.05, 3.63) is 54.0 Å². The molecule has 10 heteroatoms. The van der Waals surface area contributed by atoms with Gasteiger partial charge in [-0.25, -0.2) is 13.8 Å². The number of halogens is 4. The van der Waals surface area contributed by atoms with Crippen molar-refractivity contribution < 1.29 is 27.1 Å². The number of rotatable bonds is 7. The van der Waals surface area contributed by atoms with E-state index in [9.17, 15) is 22.4 Å². The molecule has 0 aliphatic carbocycles. The van der Waals surface area contributed by atoms with Crippen LogP contribution in [0.15, 0.2) is 42.9 Å². The number of nitrogens with one attached hydrogen (secondary N) is 1. The average molecular weight is 416 g/mol. The highest BCUT2D eigenvalue weighted by Crippen LogP contribution is 2.23. The first-order valence-electron chi connectivity index (χ1n) is 8.59. The highest BCUT2D eigenvalue weighted by molar-refractivity contribution is 5.93. The van der Waals surface area contributed by atoms with Gasteiger partial charge in [0.15, 0.2) is 6.61 Å². The maximum Gasteiger partial charge on any atom is 0.340 e. The standard InChI is InChI=1S/C15H13F4N3O2.C4H11N/c16-14(17)15(18,19)9-24-12-2-1-10(7-21-12)8-22-13(23)11-3-5-20-6-4-11;1-4(2,3)5/h1-7,14H,8-9H2,(H,22,23);5H2,1-3H3. The highest BCUT2D eigenvalue weighted by atomic mass is 19.3. The van der Waals surface area contributed by atoms with Crippen LogP contribution < -0.4 is 15.8 Å². The second-order valence-corrected chi connectivity index (χ2v) is 7.14. The first-order valence-corrected chi connectivity index (χ1v) is 8.59. The van der Waals surface area contributed by atoms with Crippen molar-refractivity contribution in [3.8, 4) is 5.88 Å². The second-order valence-electron chi connectivity index (χ2n) is 7.14. The molecule has 1 amide bonds. The van der Waals surface area contributed by atoms with Crippen molar-refractivity contribution in [2.75, 3.05) is 6.61 Å². The van der Waals surface area contributed by atoms with Crippen LogP contribution in [0.2, 0.25) is 0 Å². The summed E-state index contributed by atoms with van der Waals surface area (Å²) in [7, 11) is 0. The van der Waals surface area contributed by atoms with Gasteiger partial charge < -0.3 is 15.8 Å². The summed E-state index contributed by atoms with van der Waals surface area (Å²) < 4.78 is 54.0. The molecule has 160 valence electrons. The third-order valence-electron chi connectivity index (χ3n) is 2.92. The fourth-order valence-electron chi connectivity index (χ4n) is 1.62. The fourth-order valence-corrected chi connectivity index (χ4v) is 1.62. The van der Waals surface area contributed by atoms with E-state index in [4.69, 9.17) is 5.73 Å². The maximum absolute atomic E-state index is 12.7. The number of alkyl halides is 4. The van der Waals surface area contributed by atoms with Crippen molar-refractivity contribution in [2.24, 2.45) is 5.73 Å². The van der Waals surface area contributed by atoms with E-state index in [1.807, 2.05) is 20.8 Å². The maximum atomic E-state index is 12.7. The molecule has 0 bridgehead atoms. The van der Waals surface area contributed by atoms with Crippen LogP contribution in [0.25, 0.3) is 0 Å². The average Bonchev–Trinajstić information content (AvgIpc) is 2.64. The molecule has 0 aliphatic heterocycles. The van der Waals surface area contributed by atoms with Crippen LogP contribution in [0.3, 0.4) is 0 Å². The smallest absolute Gasteiger partial charge is 0.340 e. The molecular weight excluding hydrogens is 392 g/mol. The number of nitrogens with two attached hydrogens (primary N) is 1. The summed E-state index contributed by atoms with van der Waals surface area (Å²) in [5.41, 5.74) is 6.38. The number of hydrogen-bond acceptors (Lipinski definition) is 5.